The van der Waals surface area contributed by atoms with Crippen LogP contribution in [0.3, 0.4) is 0 Å². The van der Waals surface area contributed by atoms with Crippen LogP contribution in [-0.2, 0) is 5.60 Å². The second kappa shape index (κ2) is 5.73. The van der Waals surface area contributed by atoms with E-state index >= 15 is 0 Å². The van der Waals surface area contributed by atoms with Crippen molar-refractivity contribution in [1.82, 2.24) is 0 Å². The first-order valence-corrected chi connectivity index (χ1v) is 7.58. The zero-order valence-corrected chi connectivity index (χ0v) is 14.1. The Kier molecular flexibility index (Phi) is 4.64. The number of benzene rings is 1. The molecule has 160 valence electrons. The summed E-state index contributed by atoms with van der Waals surface area (Å²) in [6, 6.07) is 4.23. The molecule has 1 fully saturated rings. The van der Waals surface area contributed by atoms with Crippen molar-refractivity contribution < 1.29 is 53.4 Å². The van der Waals surface area contributed by atoms with Crippen LogP contribution < -0.4 is 0 Å². The molecule has 1 saturated carbocycles. The molecule has 0 aliphatic heterocycles. The van der Waals surface area contributed by atoms with Crippen LogP contribution >= 0.6 is 0 Å². The highest BCUT2D eigenvalue weighted by molar-refractivity contribution is 5.31. The van der Waals surface area contributed by atoms with Gasteiger partial charge >= 0.3 is 29.6 Å². The zero-order chi connectivity index (χ0) is 22.2. The van der Waals surface area contributed by atoms with Gasteiger partial charge in [-0.15, -0.1) is 0 Å². The van der Waals surface area contributed by atoms with Crippen LogP contribution in [0.25, 0.3) is 0 Å². The molecular formula is C16H13F11O. The molecule has 1 atom stereocenters. The third-order valence-electron chi connectivity index (χ3n) is 4.83. The summed E-state index contributed by atoms with van der Waals surface area (Å²) < 4.78 is 151. The van der Waals surface area contributed by atoms with Gasteiger partial charge in [-0.1, -0.05) is 29.8 Å². The molecule has 0 saturated heterocycles. The second-order valence-corrected chi connectivity index (χ2v) is 6.99. The average Bonchev–Trinajstić information content (AvgIpc) is 2.52. The van der Waals surface area contributed by atoms with Crippen molar-refractivity contribution in [2.75, 3.05) is 0 Å². The van der Waals surface area contributed by atoms with Crippen molar-refractivity contribution in [3.05, 3.63) is 35.4 Å². The van der Waals surface area contributed by atoms with E-state index in [2.05, 4.69) is 0 Å². The number of aryl methyl sites for hydroxylation is 1. The van der Waals surface area contributed by atoms with Gasteiger partial charge in [0.25, 0.3) is 5.67 Å². The van der Waals surface area contributed by atoms with E-state index in [-0.39, 0.29) is 0 Å². The van der Waals surface area contributed by atoms with Gasteiger partial charge < -0.3 is 5.11 Å². The summed E-state index contributed by atoms with van der Waals surface area (Å²) in [5, 5.41) is 10.1. The maximum Gasteiger partial charge on any atom is 0.384 e. The van der Waals surface area contributed by atoms with Crippen LogP contribution in [0.5, 0.6) is 0 Å². The van der Waals surface area contributed by atoms with Gasteiger partial charge in [0.2, 0.25) is 0 Å². The molecule has 0 amide bonds. The lowest BCUT2D eigenvalue weighted by Gasteiger charge is -2.53. The van der Waals surface area contributed by atoms with Crippen LogP contribution in [0.4, 0.5) is 48.3 Å². The molecular weight excluding hydrogens is 417 g/mol. The predicted molar refractivity (Wildman–Crippen MR) is 73.9 cm³/mol. The van der Waals surface area contributed by atoms with E-state index in [9.17, 15) is 53.4 Å². The predicted octanol–water partition coefficient (Wildman–Crippen LogP) is 5.49. The topological polar surface area (TPSA) is 20.2 Å². The maximum absolute atomic E-state index is 14.8. The largest absolute Gasteiger partial charge is 0.385 e. The summed E-state index contributed by atoms with van der Waals surface area (Å²) in [4.78, 5) is 0. The fourth-order valence-electron chi connectivity index (χ4n) is 3.00. The molecule has 1 unspecified atom stereocenters. The van der Waals surface area contributed by atoms with Crippen molar-refractivity contribution in [2.45, 2.75) is 61.2 Å². The molecule has 28 heavy (non-hydrogen) atoms. The summed E-state index contributed by atoms with van der Waals surface area (Å²) >= 11 is 0. The molecule has 1 aliphatic carbocycles. The Hall–Kier alpha value is -1.59. The third kappa shape index (κ3) is 2.42. The molecule has 12 heteroatoms. The summed E-state index contributed by atoms with van der Waals surface area (Å²) in [7, 11) is 0. The van der Waals surface area contributed by atoms with Crippen molar-refractivity contribution in [2.24, 2.45) is 0 Å². The number of halogens is 11. The molecule has 1 aromatic carbocycles. The van der Waals surface area contributed by atoms with Crippen LogP contribution in [0.2, 0.25) is 0 Å². The molecule has 1 N–H and O–H groups in total. The van der Waals surface area contributed by atoms with E-state index in [1.54, 1.807) is 0 Å². The van der Waals surface area contributed by atoms with Gasteiger partial charge in [-0.3, -0.25) is 0 Å². The van der Waals surface area contributed by atoms with Crippen LogP contribution in [0, 0.1) is 6.92 Å². The van der Waals surface area contributed by atoms with Gasteiger partial charge in [-0.2, -0.15) is 43.9 Å². The number of hydrogen-bond donors (Lipinski definition) is 1. The number of aliphatic hydroxyl groups is 1. The maximum atomic E-state index is 14.8. The molecule has 0 aromatic heterocycles. The molecule has 2 rings (SSSR count). The zero-order valence-electron chi connectivity index (χ0n) is 14.1. The normalized spacial score (nSPS) is 28.4. The Balaban J connectivity index is 2.70. The first-order valence-electron chi connectivity index (χ1n) is 7.58. The fraction of sp³-hybridized carbons (Fsp3) is 0.625. The minimum absolute atomic E-state index is 0.425. The van der Waals surface area contributed by atoms with E-state index in [1.165, 1.54) is 19.1 Å². The number of hydrogen-bond acceptors (Lipinski definition) is 1. The first-order chi connectivity index (χ1) is 12.2. The lowest BCUT2D eigenvalue weighted by molar-refractivity contribution is -0.488. The molecule has 0 radical (unpaired) electrons. The molecule has 1 aromatic rings. The van der Waals surface area contributed by atoms with E-state index in [1.807, 2.05) is 0 Å². The quantitative estimate of drug-likeness (QED) is 0.629. The first kappa shape index (κ1) is 22.7. The Morgan fingerprint density at radius 2 is 1.00 bits per heavy atom. The van der Waals surface area contributed by atoms with Gasteiger partial charge in [-0.25, -0.2) is 4.39 Å². The number of rotatable bonds is 3. The molecule has 0 bridgehead atoms. The summed E-state index contributed by atoms with van der Waals surface area (Å²) in [6.45, 7) is 1.93. The smallest absolute Gasteiger partial charge is 0.384 e. The van der Waals surface area contributed by atoms with Crippen LogP contribution in [0.15, 0.2) is 24.3 Å². The standard InChI is InChI=1S/C16H13F11O/c1-8-3-5-9(6-4-8)10(2,28)7-11(17)12(18,19)14(22,23)16(26,27)15(24,25)13(11,20)21/h3-6,28H,7H2,1-2H3. The van der Waals surface area contributed by atoms with E-state index in [4.69, 9.17) is 0 Å². The fourth-order valence-corrected chi connectivity index (χ4v) is 3.00. The van der Waals surface area contributed by atoms with E-state index in [0.29, 0.717) is 12.5 Å². The lowest BCUT2D eigenvalue weighted by atomic mass is 9.67. The lowest BCUT2D eigenvalue weighted by Crippen LogP contribution is -2.84. The number of alkyl halides is 11. The van der Waals surface area contributed by atoms with Crippen molar-refractivity contribution in [1.29, 1.82) is 0 Å². The Bertz CT molecular complexity index is 722. The third-order valence-corrected chi connectivity index (χ3v) is 4.83. The SMILES string of the molecule is Cc1ccc(C(C)(O)CC2(F)C(F)(F)C(F)(F)C(F)(F)C(F)(F)C2(F)F)cc1. The van der Waals surface area contributed by atoms with Gasteiger partial charge in [0.1, 0.15) is 0 Å². The van der Waals surface area contributed by atoms with E-state index < -0.39 is 52.9 Å². The second-order valence-electron chi connectivity index (χ2n) is 6.99. The molecule has 1 nitrogen and oxygen atoms in total. The molecule has 1 aliphatic rings. The van der Waals surface area contributed by atoms with Gasteiger partial charge in [0.05, 0.1) is 5.60 Å². The van der Waals surface area contributed by atoms with Crippen LogP contribution in [0.1, 0.15) is 24.5 Å². The monoisotopic (exact) mass is 430 g/mol. The highest BCUT2D eigenvalue weighted by Crippen LogP contribution is 2.71. The van der Waals surface area contributed by atoms with Gasteiger partial charge in [0, 0.05) is 6.42 Å². The average molecular weight is 430 g/mol. The Labute approximate surface area is 151 Å². The van der Waals surface area contributed by atoms with Crippen molar-refractivity contribution in [3.8, 4) is 0 Å². The summed E-state index contributed by atoms with van der Waals surface area (Å²) in [5.41, 5.74) is -9.40. The highest BCUT2D eigenvalue weighted by Gasteiger charge is 3.01. The van der Waals surface area contributed by atoms with E-state index in [0.717, 1.165) is 12.1 Å². The van der Waals surface area contributed by atoms with Crippen molar-refractivity contribution >= 4 is 0 Å². The minimum Gasteiger partial charge on any atom is -0.385 e. The minimum atomic E-state index is -7.27. The van der Waals surface area contributed by atoms with Gasteiger partial charge in [-0.05, 0) is 19.4 Å². The molecule has 0 heterocycles. The highest BCUT2D eigenvalue weighted by atomic mass is 19.4. The van der Waals surface area contributed by atoms with Crippen LogP contribution in [-0.4, -0.2) is 40.4 Å². The van der Waals surface area contributed by atoms with Gasteiger partial charge in [0.15, 0.2) is 0 Å². The molecule has 0 spiro atoms. The van der Waals surface area contributed by atoms with Crippen molar-refractivity contribution in [3.63, 3.8) is 0 Å². The Morgan fingerprint density at radius 1 is 0.679 bits per heavy atom. The summed E-state index contributed by atoms with van der Waals surface area (Å²) in [6.07, 6.45) is -2.72. The Morgan fingerprint density at radius 3 is 1.36 bits per heavy atom. The summed E-state index contributed by atoms with van der Waals surface area (Å²) in [5.74, 6) is -35.5.